The van der Waals surface area contributed by atoms with Crippen molar-refractivity contribution in [3.63, 3.8) is 0 Å². The van der Waals surface area contributed by atoms with E-state index in [1.807, 2.05) is 0 Å². The predicted octanol–water partition coefficient (Wildman–Crippen LogP) is 1.83. The smallest absolute Gasteiger partial charge is 0.305 e. The minimum Gasteiger partial charge on any atom is -0.462 e. The van der Waals surface area contributed by atoms with Crippen molar-refractivity contribution in [2.24, 2.45) is 5.16 Å². The van der Waals surface area contributed by atoms with E-state index < -0.39 is 0 Å². The van der Waals surface area contributed by atoms with Crippen LogP contribution >= 0.6 is 15.9 Å². The molecule has 1 aliphatic rings. The maximum atomic E-state index is 11.2. The van der Waals surface area contributed by atoms with Crippen molar-refractivity contribution in [3.8, 4) is 12.3 Å². The molecule has 1 atom stereocenters. The Bertz CT molecular complexity index is 296. The summed E-state index contributed by atoms with van der Waals surface area (Å²) in [7, 11) is 0. The molecule has 0 N–H and O–H groups in total. The molecule has 0 bridgehead atoms. The molecule has 0 aliphatic carbocycles. The van der Waals surface area contributed by atoms with Crippen molar-refractivity contribution in [1.82, 2.24) is 0 Å². The molecule has 5 heteroatoms. The van der Waals surface area contributed by atoms with Gasteiger partial charge in [-0.15, -0.1) is 12.3 Å². The quantitative estimate of drug-likeness (QED) is 0.436. The average molecular weight is 274 g/mol. The minimum absolute atomic E-state index is 0.157. The van der Waals surface area contributed by atoms with Gasteiger partial charge in [0.15, 0.2) is 6.10 Å². The molecule has 0 aromatic heterocycles. The lowest BCUT2D eigenvalue weighted by atomic mass is 10.2. The number of oxime groups is 1. The lowest BCUT2D eigenvalue weighted by Crippen LogP contribution is -2.18. The summed E-state index contributed by atoms with van der Waals surface area (Å²) in [6.45, 7) is 0.244. The summed E-state index contributed by atoms with van der Waals surface area (Å²) in [5.74, 6) is 2.23. The van der Waals surface area contributed by atoms with Gasteiger partial charge in [-0.05, 0) is 22.4 Å². The SMILES string of the molecule is C#CCCCC(=O)OCC1CC(Br)=NO1. The first-order valence-corrected chi connectivity index (χ1v) is 5.49. The molecule has 1 aliphatic heterocycles. The minimum atomic E-state index is -0.239. The van der Waals surface area contributed by atoms with Gasteiger partial charge in [-0.25, -0.2) is 0 Å². The molecular weight excluding hydrogens is 262 g/mol. The second-order valence-electron chi connectivity index (χ2n) is 3.14. The molecule has 82 valence electrons. The zero-order valence-electron chi connectivity index (χ0n) is 8.24. The normalized spacial score (nSPS) is 18.9. The van der Waals surface area contributed by atoms with Gasteiger partial charge in [0, 0.05) is 19.3 Å². The van der Waals surface area contributed by atoms with Crippen LogP contribution in [-0.4, -0.2) is 23.3 Å². The molecule has 0 aromatic rings. The fourth-order valence-electron chi connectivity index (χ4n) is 1.08. The number of carbonyl (C=O) groups excluding carboxylic acids is 1. The second kappa shape index (κ2) is 6.46. The molecule has 0 saturated heterocycles. The Morgan fingerprint density at radius 3 is 3.20 bits per heavy atom. The van der Waals surface area contributed by atoms with Crippen LogP contribution < -0.4 is 0 Å². The molecular formula is C10H12BrNO3. The van der Waals surface area contributed by atoms with Crippen molar-refractivity contribution in [3.05, 3.63) is 0 Å². The van der Waals surface area contributed by atoms with E-state index in [0.717, 1.165) is 4.62 Å². The van der Waals surface area contributed by atoms with Crippen LogP contribution in [0.25, 0.3) is 0 Å². The van der Waals surface area contributed by atoms with Crippen molar-refractivity contribution in [2.75, 3.05) is 6.61 Å². The number of hydrogen-bond acceptors (Lipinski definition) is 4. The zero-order chi connectivity index (χ0) is 11.1. The zero-order valence-corrected chi connectivity index (χ0v) is 9.83. The molecule has 0 fully saturated rings. The van der Waals surface area contributed by atoms with E-state index in [1.54, 1.807) is 0 Å². The standard InChI is InChI=1S/C10H12BrNO3/c1-2-3-4-5-10(13)14-7-8-6-9(11)12-15-8/h1,8H,3-7H2. The third-order valence-electron chi connectivity index (χ3n) is 1.83. The number of nitrogens with zero attached hydrogens (tertiary/aromatic N) is 1. The maximum Gasteiger partial charge on any atom is 0.305 e. The lowest BCUT2D eigenvalue weighted by Gasteiger charge is -2.08. The highest BCUT2D eigenvalue weighted by atomic mass is 79.9. The Hall–Kier alpha value is -1.02. The second-order valence-corrected chi connectivity index (χ2v) is 4.06. The van der Waals surface area contributed by atoms with E-state index in [2.05, 4.69) is 27.0 Å². The average Bonchev–Trinajstić information content (AvgIpc) is 2.62. The fourth-order valence-corrected chi connectivity index (χ4v) is 1.52. The number of esters is 1. The van der Waals surface area contributed by atoms with Gasteiger partial charge in [0.05, 0.1) is 0 Å². The van der Waals surface area contributed by atoms with E-state index in [0.29, 0.717) is 25.7 Å². The van der Waals surface area contributed by atoms with Crippen molar-refractivity contribution >= 4 is 26.5 Å². The highest BCUT2D eigenvalue weighted by molar-refractivity contribution is 9.18. The highest BCUT2D eigenvalue weighted by Gasteiger charge is 2.20. The monoisotopic (exact) mass is 273 g/mol. The Morgan fingerprint density at radius 1 is 1.80 bits per heavy atom. The van der Waals surface area contributed by atoms with Crippen molar-refractivity contribution < 1.29 is 14.4 Å². The van der Waals surface area contributed by atoms with Gasteiger partial charge >= 0.3 is 5.97 Å². The molecule has 1 rings (SSSR count). The van der Waals surface area contributed by atoms with Gasteiger partial charge in [0.25, 0.3) is 0 Å². The number of unbranched alkanes of at least 4 members (excludes halogenated alkanes) is 1. The van der Waals surface area contributed by atoms with Crippen molar-refractivity contribution in [2.45, 2.75) is 31.8 Å². The molecule has 0 spiro atoms. The third kappa shape index (κ3) is 4.84. The Kier molecular flexibility index (Phi) is 5.19. The largest absolute Gasteiger partial charge is 0.462 e. The van der Waals surface area contributed by atoms with E-state index in [9.17, 15) is 4.79 Å². The topological polar surface area (TPSA) is 47.9 Å². The summed E-state index contributed by atoms with van der Waals surface area (Å²) in [6, 6.07) is 0. The molecule has 1 unspecified atom stereocenters. The summed E-state index contributed by atoms with van der Waals surface area (Å²) < 4.78 is 5.74. The number of halogens is 1. The summed E-state index contributed by atoms with van der Waals surface area (Å²) in [5, 5.41) is 3.69. The Morgan fingerprint density at radius 2 is 2.60 bits per heavy atom. The van der Waals surface area contributed by atoms with Crippen LogP contribution in [0.15, 0.2) is 5.16 Å². The van der Waals surface area contributed by atoms with Crippen LogP contribution in [0.4, 0.5) is 0 Å². The number of carbonyl (C=O) groups is 1. The first kappa shape index (κ1) is 12.1. The number of rotatable bonds is 5. The summed E-state index contributed by atoms with van der Waals surface area (Å²) in [4.78, 5) is 16.1. The summed E-state index contributed by atoms with van der Waals surface area (Å²) >= 11 is 3.20. The summed E-state index contributed by atoms with van der Waals surface area (Å²) in [5.41, 5.74) is 0. The number of ether oxygens (including phenoxy) is 1. The van der Waals surface area contributed by atoms with Gasteiger partial charge in [-0.1, -0.05) is 5.16 Å². The maximum absolute atomic E-state index is 11.2. The van der Waals surface area contributed by atoms with E-state index in [1.165, 1.54) is 0 Å². The molecule has 15 heavy (non-hydrogen) atoms. The molecule has 0 amide bonds. The van der Waals surface area contributed by atoms with Crippen molar-refractivity contribution in [1.29, 1.82) is 0 Å². The highest BCUT2D eigenvalue weighted by Crippen LogP contribution is 2.14. The Balaban J connectivity index is 2.05. The lowest BCUT2D eigenvalue weighted by molar-refractivity contribution is -0.147. The molecule has 4 nitrogen and oxygen atoms in total. The van der Waals surface area contributed by atoms with Gasteiger partial charge in [0.1, 0.15) is 11.2 Å². The van der Waals surface area contributed by atoms with Crippen LogP contribution in [0.3, 0.4) is 0 Å². The van der Waals surface area contributed by atoms with Crippen LogP contribution in [0, 0.1) is 12.3 Å². The summed E-state index contributed by atoms with van der Waals surface area (Å²) in [6.07, 6.45) is 7.18. The third-order valence-corrected chi connectivity index (χ3v) is 2.30. The number of hydrogen-bond donors (Lipinski definition) is 0. The van der Waals surface area contributed by atoms with Gasteiger partial charge in [-0.2, -0.15) is 0 Å². The molecule has 0 aromatic carbocycles. The first-order valence-electron chi connectivity index (χ1n) is 4.69. The predicted molar refractivity (Wildman–Crippen MR) is 59.5 cm³/mol. The van der Waals surface area contributed by atoms with E-state index >= 15 is 0 Å². The van der Waals surface area contributed by atoms with Gasteiger partial charge in [-0.3, -0.25) is 4.79 Å². The van der Waals surface area contributed by atoms with Gasteiger partial charge in [0.2, 0.25) is 0 Å². The fraction of sp³-hybridized carbons (Fsp3) is 0.600. The first-order chi connectivity index (χ1) is 7.22. The van der Waals surface area contributed by atoms with Crippen LogP contribution in [0.5, 0.6) is 0 Å². The van der Waals surface area contributed by atoms with Gasteiger partial charge < -0.3 is 9.57 Å². The van der Waals surface area contributed by atoms with E-state index in [-0.39, 0.29) is 18.7 Å². The Labute approximate surface area is 97.1 Å². The van der Waals surface area contributed by atoms with Crippen LogP contribution in [0.1, 0.15) is 25.7 Å². The molecule has 0 saturated carbocycles. The molecule has 0 radical (unpaired) electrons. The van der Waals surface area contributed by atoms with Crippen LogP contribution in [-0.2, 0) is 14.4 Å². The van der Waals surface area contributed by atoms with Crippen LogP contribution in [0.2, 0.25) is 0 Å². The molecule has 1 heterocycles. The number of terminal acetylenes is 1. The van der Waals surface area contributed by atoms with E-state index in [4.69, 9.17) is 16.0 Å².